The summed E-state index contributed by atoms with van der Waals surface area (Å²) in [6.45, 7) is 4.63. The summed E-state index contributed by atoms with van der Waals surface area (Å²) >= 11 is 0. The first-order chi connectivity index (χ1) is 19.5. The Balaban J connectivity index is 1.53. The van der Waals surface area contributed by atoms with Gasteiger partial charge in [0.05, 0.1) is 31.3 Å². The standard InChI is InChI=1S/C31H31N7O2/c1-35-29-28(30(39)38(31(35)40)20-25-12-6-11-22-8-4-5-13-26(22)25)37(19-24-10-3-2-9-23(24)18-32)27(34-29)21-36-16-7-14-33-15-17-36/h2-6,8-13,33H,7,14-17,19-21H2,1H3. The SMILES string of the molecule is Cn1c(=O)n(Cc2cccc3ccccc23)c(=O)c2c1nc(CN1CCCNCC1)n2Cc1ccccc1C#N. The molecule has 0 radical (unpaired) electrons. The highest BCUT2D eigenvalue weighted by atomic mass is 16.2. The molecule has 9 heteroatoms. The predicted molar refractivity (Wildman–Crippen MR) is 155 cm³/mol. The summed E-state index contributed by atoms with van der Waals surface area (Å²) in [5, 5.41) is 15.2. The highest BCUT2D eigenvalue weighted by Gasteiger charge is 2.23. The number of hydrogen-bond acceptors (Lipinski definition) is 6. The van der Waals surface area contributed by atoms with E-state index in [9.17, 15) is 14.9 Å². The van der Waals surface area contributed by atoms with Crippen LogP contribution in [-0.2, 0) is 26.7 Å². The lowest BCUT2D eigenvalue weighted by atomic mass is 10.0. The lowest BCUT2D eigenvalue weighted by molar-refractivity contribution is 0.274. The minimum absolute atomic E-state index is 0.149. The molecule has 1 saturated heterocycles. The van der Waals surface area contributed by atoms with Crippen LogP contribution in [0.3, 0.4) is 0 Å². The van der Waals surface area contributed by atoms with Crippen molar-refractivity contribution in [2.45, 2.75) is 26.1 Å². The Hall–Kier alpha value is -4.52. The van der Waals surface area contributed by atoms with Gasteiger partial charge in [0.1, 0.15) is 5.82 Å². The van der Waals surface area contributed by atoms with E-state index >= 15 is 0 Å². The molecule has 1 fully saturated rings. The third kappa shape index (κ3) is 4.72. The Bertz CT molecular complexity index is 1860. The van der Waals surface area contributed by atoms with Crippen LogP contribution in [0.4, 0.5) is 0 Å². The number of imidazole rings is 1. The normalized spacial score (nSPS) is 14.4. The fourth-order valence-electron chi connectivity index (χ4n) is 5.65. The van der Waals surface area contributed by atoms with Crippen molar-refractivity contribution >= 4 is 21.9 Å². The minimum atomic E-state index is -0.405. The molecule has 1 aliphatic rings. The zero-order valence-corrected chi connectivity index (χ0v) is 22.5. The van der Waals surface area contributed by atoms with E-state index in [4.69, 9.17) is 4.98 Å². The fraction of sp³-hybridized carbons (Fsp3) is 0.290. The second-order valence-electron chi connectivity index (χ2n) is 10.3. The maximum atomic E-state index is 14.2. The molecule has 0 bridgehead atoms. The Kier molecular flexibility index (Phi) is 7.03. The molecule has 3 heterocycles. The third-order valence-electron chi connectivity index (χ3n) is 7.78. The molecular weight excluding hydrogens is 502 g/mol. The summed E-state index contributed by atoms with van der Waals surface area (Å²) in [6, 6.07) is 23.6. The quantitative estimate of drug-likeness (QED) is 0.360. The van der Waals surface area contributed by atoms with Gasteiger partial charge in [-0.25, -0.2) is 9.78 Å². The number of aryl methyl sites for hydroxylation is 1. The molecule has 5 aromatic rings. The molecule has 1 N–H and O–H groups in total. The summed E-state index contributed by atoms with van der Waals surface area (Å²) in [5.41, 5.74) is 2.20. The smallest absolute Gasteiger partial charge is 0.316 e. The highest BCUT2D eigenvalue weighted by molar-refractivity contribution is 5.85. The van der Waals surface area contributed by atoms with Crippen molar-refractivity contribution in [2.24, 2.45) is 7.05 Å². The molecular formula is C31H31N7O2. The molecule has 0 aliphatic carbocycles. The molecule has 0 saturated carbocycles. The average molecular weight is 534 g/mol. The van der Waals surface area contributed by atoms with Crippen molar-refractivity contribution in [1.29, 1.82) is 5.26 Å². The van der Waals surface area contributed by atoms with Gasteiger partial charge >= 0.3 is 5.69 Å². The number of nitriles is 1. The predicted octanol–water partition coefficient (Wildman–Crippen LogP) is 2.81. The molecule has 9 nitrogen and oxygen atoms in total. The van der Waals surface area contributed by atoms with E-state index in [0.717, 1.165) is 54.5 Å². The van der Waals surface area contributed by atoms with Gasteiger partial charge < -0.3 is 9.88 Å². The van der Waals surface area contributed by atoms with E-state index in [1.165, 1.54) is 9.13 Å². The van der Waals surface area contributed by atoms with E-state index in [1.54, 1.807) is 13.1 Å². The molecule has 2 aromatic heterocycles. The Morgan fingerprint density at radius 2 is 1.62 bits per heavy atom. The number of aromatic nitrogens is 4. The van der Waals surface area contributed by atoms with Crippen LogP contribution >= 0.6 is 0 Å². The highest BCUT2D eigenvalue weighted by Crippen LogP contribution is 2.21. The lowest BCUT2D eigenvalue weighted by Crippen LogP contribution is -2.40. The monoisotopic (exact) mass is 533 g/mol. The summed E-state index contributed by atoms with van der Waals surface area (Å²) in [5.74, 6) is 0.708. The van der Waals surface area contributed by atoms with Crippen molar-refractivity contribution in [2.75, 3.05) is 26.2 Å². The van der Waals surface area contributed by atoms with Crippen LogP contribution in [0.5, 0.6) is 0 Å². The van der Waals surface area contributed by atoms with Gasteiger partial charge in [0.15, 0.2) is 11.2 Å². The van der Waals surface area contributed by atoms with Crippen LogP contribution in [0, 0.1) is 11.3 Å². The van der Waals surface area contributed by atoms with Gasteiger partial charge in [0.2, 0.25) is 0 Å². The van der Waals surface area contributed by atoms with E-state index in [2.05, 4.69) is 16.3 Å². The molecule has 3 aromatic carbocycles. The topological polar surface area (TPSA) is 101 Å². The molecule has 1 aliphatic heterocycles. The van der Waals surface area contributed by atoms with Crippen LogP contribution in [0.15, 0.2) is 76.3 Å². The van der Waals surface area contributed by atoms with Crippen molar-refractivity contribution in [3.63, 3.8) is 0 Å². The minimum Gasteiger partial charge on any atom is -0.316 e. The summed E-state index contributed by atoms with van der Waals surface area (Å²) in [7, 11) is 1.67. The van der Waals surface area contributed by atoms with Gasteiger partial charge in [-0.05, 0) is 47.5 Å². The van der Waals surface area contributed by atoms with Gasteiger partial charge in [-0.3, -0.25) is 18.8 Å². The molecule has 202 valence electrons. The molecule has 6 rings (SSSR count). The zero-order chi connectivity index (χ0) is 27.6. The summed E-state index contributed by atoms with van der Waals surface area (Å²) in [4.78, 5) is 34.9. The maximum absolute atomic E-state index is 14.2. The molecule has 0 unspecified atom stereocenters. The average Bonchev–Trinajstić information content (AvgIpc) is 3.13. The first-order valence-electron chi connectivity index (χ1n) is 13.6. The van der Waals surface area contributed by atoms with Gasteiger partial charge in [-0.2, -0.15) is 5.26 Å². The van der Waals surface area contributed by atoms with Gasteiger partial charge in [-0.1, -0.05) is 60.7 Å². The number of nitrogens with one attached hydrogen (secondary N) is 1. The first-order valence-corrected chi connectivity index (χ1v) is 13.6. The summed E-state index contributed by atoms with van der Waals surface area (Å²) in [6.07, 6.45) is 1.02. The van der Waals surface area contributed by atoms with Crippen molar-refractivity contribution in [3.8, 4) is 6.07 Å². The van der Waals surface area contributed by atoms with Crippen molar-refractivity contribution in [1.82, 2.24) is 28.9 Å². The van der Waals surface area contributed by atoms with E-state index in [-0.39, 0.29) is 12.1 Å². The van der Waals surface area contributed by atoms with E-state index in [1.807, 2.05) is 65.2 Å². The number of rotatable bonds is 6. The van der Waals surface area contributed by atoms with Gasteiger partial charge in [-0.15, -0.1) is 0 Å². The van der Waals surface area contributed by atoms with Crippen LogP contribution in [0.25, 0.3) is 21.9 Å². The summed E-state index contributed by atoms with van der Waals surface area (Å²) < 4.78 is 4.69. The maximum Gasteiger partial charge on any atom is 0.332 e. The van der Waals surface area contributed by atoms with Gasteiger partial charge in [0, 0.05) is 20.1 Å². The molecule has 0 atom stereocenters. The van der Waals surface area contributed by atoms with E-state index < -0.39 is 5.69 Å². The second kappa shape index (κ2) is 10.9. The Labute approximate surface area is 231 Å². The van der Waals surface area contributed by atoms with Crippen molar-refractivity contribution in [3.05, 3.63) is 110 Å². The molecule has 40 heavy (non-hydrogen) atoms. The second-order valence-corrected chi connectivity index (χ2v) is 10.3. The third-order valence-corrected chi connectivity index (χ3v) is 7.78. The number of nitrogens with zero attached hydrogens (tertiary/aromatic N) is 6. The van der Waals surface area contributed by atoms with E-state index in [0.29, 0.717) is 35.6 Å². The van der Waals surface area contributed by atoms with Crippen molar-refractivity contribution < 1.29 is 0 Å². The molecule has 0 amide bonds. The Morgan fingerprint density at radius 1 is 0.875 bits per heavy atom. The Morgan fingerprint density at radius 3 is 2.50 bits per heavy atom. The first kappa shape index (κ1) is 25.7. The lowest BCUT2D eigenvalue weighted by Gasteiger charge is -2.20. The zero-order valence-electron chi connectivity index (χ0n) is 22.5. The largest absolute Gasteiger partial charge is 0.332 e. The number of benzene rings is 3. The van der Waals surface area contributed by atoms with Crippen LogP contribution in [-0.4, -0.2) is 49.8 Å². The van der Waals surface area contributed by atoms with Crippen LogP contribution in [0.2, 0.25) is 0 Å². The molecule has 0 spiro atoms. The fourth-order valence-corrected chi connectivity index (χ4v) is 5.65. The van der Waals surface area contributed by atoms with Crippen LogP contribution in [0.1, 0.15) is 28.9 Å². The van der Waals surface area contributed by atoms with Crippen LogP contribution < -0.4 is 16.6 Å². The van der Waals surface area contributed by atoms with Gasteiger partial charge in [0.25, 0.3) is 5.56 Å². The number of fused-ring (bicyclic) bond motifs is 2. The number of hydrogen-bond donors (Lipinski definition) is 1.